The molecule has 2 fully saturated rings. The fourth-order valence-corrected chi connectivity index (χ4v) is 3.64. The highest BCUT2D eigenvalue weighted by Gasteiger charge is 2.50. The van der Waals surface area contributed by atoms with Crippen molar-refractivity contribution in [3.8, 4) is 11.5 Å². The maximum absolute atomic E-state index is 12.9. The van der Waals surface area contributed by atoms with Crippen LogP contribution >= 0.6 is 0 Å². The average Bonchev–Trinajstić information content (AvgIpc) is 3.08. The van der Waals surface area contributed by atoms with E-state index in [2.05, 4.69) is 15.5 Å². The first-order chi connectivity index (χ1) is 12.2. The van der Waals surface area contributed by atoms with Crippen LogP contribution in [0.25, 0.3) is 11.5 Å². The number of carbonyl (C=O) groups excluding carboxylic acids is 2. The second kappa shape index (κ2) is 6.31. The van der Waals surface area contributed by atoms with Gasteiger partial charge in [-0.05, 0) is 25.0 Å². The molecule has 1 N–H and O–H groups in total. The molecule has 0 atom stereocenters. The monoisotopic (exact) mass is 340 g/mol. The van der Waals surface area contributed by atoms with Crippen molar-refractivity contribution in [2.24, 2.45) is 0 Å². The van der Waals surface area contributed by atoms with Crippen molar-refractivity contribution in [3.63, 3.8) is 0 Å². The molecule has 0 bridgehead atoms. The van der Waals surface area contributed by atoms with Gasteiger partial charge in [-0.15, -0.1) is 10.2 Å². The van der Waals surface area contributed by atoms with Gasteiger partial charge in [-0.1, -0.05) is 43.9 Å². The minimum atomic E-state index is -0.740. The van der Waals surface area contributed by atoms with E-state index in [1.165, 1.54) is 4.90 Å². The van der Waals surface area contributed by atoms with Gasteiger partial charge in [0.15, 0.2) is 0 Å². The summed E-state index contributed by atoms with van der Waals surface area (Å²) >= 11 is 0. The molecule has 1 aliphatic heterocycles. The van der Waals surface area contributed by atoms with Crippen molar-refractivity contribution >= 4 is 11.9 Å². The van der Waals surface area contributed by atoms with E-state index in [0.717, 1.165) is 31.2 Å². The number of hydrogen-bond acceptors (Lipinski definition) is 5. The third-order valence-electron chi connectivity index (χ3n) is 4.98. The number of amides is 3. The zero-order chi connectivity index (χ0) is 17.3. The number of hydrogen-bond donors (Lipinski definition) is 1. The Morgan fingerprint density at radius 2 is 1.76 bits per heavy atom. The van der Waals surface area contributed by atoms with Gasteiger partial charge in [0, 0.05) is 5.56 Å². The number of nitrogens with one attached hydrogen (secondary N) is 1. The standard InChI is InChI=1S/C18H20N4O3/c23-16-18(10-6-1-2-7-11-18)19-17(24)22(16)12-14-20-21-15(25-14)13-8-4-3-5-9-13/h3-5,8-9H,1-2,6-7,10-12H2,(H,19,24). The zero-order valence-corrected chi connectivity index (χ0v) is 13.9. The fourth-order valence-electron chi connectivity index (χ4n) is 3.64. The van der Waals surface area contributed by atoms with Gasteiger partial charge >= 0.3 is 6.03 Å². The summed E-state index contributed by atoms with van der Waals surface area (Å²) < 4.78 is 5.63. The molecule has 2 aliphatic rings. The van der Waals surface area contributed by atoms with Crippen molar-refractivity contribution in [2.45, 2.75) is 50.6 Å². The molecule has 1 saturated carbocycles. The summed E-state index contributed by atoms with van der Waals surface area (Å²) in [5.41, 5.74) is 0.0641. The molecule has 1 spiro atoms. The zero-order valence-electron chi connectivity index (χ0n) is 13.9. The molecule has 0 radical (unpaired) electrons. The van der Waals surface area contributed by atoms with Crippen molar-refractivity contribution in [3.05, 3.63) is 36.2 Å². The van der Waals surface area contributed by atoms with Crippen LogP contribution in [0.5, 0.6) is 0 Å². The number of benzene rings is 1. The van der Waals surface area contributed by atoms with Gasteiger partial charge in [0.1, 0.15) is 12.1 Å². The van der Waals surface area contributed by atoms with Crippen LogP contribution in [0.1, 0.15) is 44.4 Å². The van der Waals surface area contributed by atoms with Gasteiger partial charge < -0.3 is 9.73 Å². The van der Waals surface area contributed by atoms with E-state index in [1.54, 1.807) is 0 Å². The molecule has 3 amide bonds. The molecule has 2 aromatic rings. The van der Waals surface area contributed by atoms with Crippen molar-refractivity contribution in [1.29, 1.82) is 0 Å². The maximum atomic E-state index is 12.9. The summed E-state index contributed by atoms with van der Waals surface area (Å²) in [7, 11) is 0. The molecule has 1 aliphatic carbocycles. The number of nitrogens with zero attached hydrogens (tertiary/aromatic N) is 3. The highest BCUT2D eigenvalue weighted by atomic mass is 16.4. The number of carbonyl (C=O) groups is 2. The lowest BCUT2D eigenvalue weighted by Crippen LogP contribution is -2.46. The summed E-state index contributed by atoms with van der Waals surface area (Å²) in [6.45, 7) is 0.00620. The third kappa shape index (κ3) is 2.90. The Labute approximate surface area is 145 Å². The number of urea groups is 1. The smallest absolute Gasteiger partial charge is 0.325 e. The Morgan fingerprint density at radius 3 is 2.48 bits per heavy atom. The Bertz CT molecular complexity index is 779. The Hall–Kier alpha value is -2.70. The maximum Gasteiger partial charge on any atom is 0.325 e. The van der Waals surface area contributed by atoms with Crippen LogP contribution in [-0.2, 0) is 11.3 Å². The Balaban J connectivity index is 1.52. The van der Waals surface area contributed by atoms with Crippen LogP contribution in [0, 0.1) is 0 Å². The van der Waals surface area contributed by atoms with Crippen LogP contribution < -0.4 is 5.32 Å². The van der Waals surface area contributed by atoms with Gasteiger partial charge in [0.2, 0.25) is 11.8 Å². The van der Waals surface area contributed by atoms with Crippen LogP contribution in [0.3, 0.4) is 0 Å². The summed E-state index contributed by atoms with van der Waals surface area (Å²) in [4.78, 5) is 26.4. The number of imide groups is 1. The lowest BCUT2D eigenvalue weighted by Gasteiger charge is -2.24. The highest BCUT2D eigenvalue weighted by Crippen LogP contribution is 2.33. The van der Waals surface area contributed by atoms with Crippen LogP contribution in [0.4, 0.5) is 4.79 Å². The van der Waals surface area contributed by atoms with Gasteiger partial charge in [-0.3, -0.25) is 9.69 Å². The third-order valence-corrected chi connectivity index (χ3v) is 4.98. The topological polar surface area (TPSA) is 88.3 Å². The molecule has 25 heavy (non-hydrogen) atoms. The van der Waals surface area contributed by atoms with E-state index >= 15 is 0 Å². The lowest BCUT2D eigenvalue weighted by molar-refractivity contribution is -0.132. The van der Waals surface area contributed by atoms with E-state index < -0.39 is 5.54 Å². The molecule has 7 nitrogen and oxygen atoms in total. The van der Waals surface area contributed by atoms with E-state index in [4.69, 9.17) is 4.42 Å². The summed E-state index contributed by atoms with van der Waals surface area (Å²) in [5.74, 6) is 0.471. The first kappa shape index (κ1) is 15.8. The molecule has 2 heterocycles. The average molecular weight is 340 g/mol. The van der Waals surface area contributed by atoms with Gasteiger partial charge in [-0.2, -0.15) is 0 Å². The molecule has 1 saturated heterocycles. The summed E-state index contributed by atoms with van der Waals surface area (Å²) in [6, 6.07) is 9.03. The molecule has 0 unspecified atom stereocenters. The molecular formula is C18H20N4O3. The van der Waals surface area contributed by atoms with E-state index in [9.17, 15) is 9.59 Å². The van der Waals surface area contributed by atoms with E-state index in [1.807, 2.05) is 30.3 Å². The van der Waals surface area contributed by atoms with Crippen LogP contribution in [0.15, 0.2) is 34.7 Å². The lowest BCUT2D eigenvalue weighted by atomic mass is 9.90. The molecule has 7 heteroatoms. The van der Waals surface area contributed by atoms with E-state index in [-0.39, 0.29) is 24.4 Å². The summed E-state index contributed by atoms with van der Waals surface area (Å²) in [5, 5.41) is 10.9. The van der Waals surface area contributed by atoms with E-state index in [0.29, 0.717) is 18.7 Å². The fraction of sp³-hybridized carbons (Fsp3) is 0.444. The minimum Gasteiger partial charge on any atom is -0.419 e. The van der Waals surface area contributed by atoms with Crippen molar-refractivity contribution in [2.75, 3.05) is 0 Å². The van der Waals surface area contributed by atoms with Gasteiger partial charge in [0.05, 0.1) is 0 Å². The molecule has 130 valence electrons. The van der Waals surface area contributed by atoms with Crippen LogP contribution in [-0.4, -0.2) is 32.6 Å². The first-order valence-corrected chi connectivity index (χ1v) is 8.70. The molecule has 1 aromatic carbocycles. The second-order valence-corrected chi connectivity index (χ2v) is 6.68. The SMILES string of the molecule is O=C1NC2(CCCCCC2)C(=O)N1Cc1nnc(-c2ccccc2)o1. The highest BCUT2D eigenvalue weighted by molar-refractivity contribution is 6.06. The van der Waals surface area contributed by atoms with Crippen LogP contribution in [0.2, 0.25) is 0 Å². The predicted molar refractivity (Wildman–Crippen MR) is 89.2 cm³/mol. The Kier molecular flexibility index (Phi) is 3.99. The predicted octanol–water partition coefficient (Wildman–Crippen LogP) is 2.88. The minimum absolute atomic E-state index is 0.00620. The Morgan fingerprint density at radius 1 is 1.04 bits per heavy atom. The first-order valence-electron chi connectivity index (χ1n) is 8.70. The molecular weight excluding hydrogens is 320 g/mol. The molecule has 4 rings (SSSR count). The van der Waals surface area contributed by atoms with Gasteiger partial charge in [-0.25, -0.2) is 4.79 Å². The normalized spacial score (nSPS) is 19.9. The van der Waals surface area contributed by atoms with Gasteiger partial charge in [0.25, 0.3) is 5.91 Å². The number of aromatic nitrogens is 2. The largest absolute Gasteiger partial charge is 0.419 e. The molecule has 1 aromatic heterocycles. The number of rotatable bonds is 3. The quantitative estimate of drug-likeness (QED) is 0.868. The van der Waals surface area contributed by atoms with Crippen molar-refractivity contribution < 1.29 is 14.0 Å². The second-order valence-electron chi connectivity index (χ2n) is 6.68. The summed E-state index contributed by atoms with van der Waals surface area (Å²) in [6.07, 6.45) is 5.53. The van der Waals surface area contributed by atoms with Crippen molar-refractivity contribution in [1.82, 2.24) is 20.4 Å².